The molecule has 3 nitrogen and oxygen atoms in total. The molecule has 1 rings (SSSR count). The van der Waals surface area contributed by atoms with E-state index < -0.39 is 0 Å². The van der Waals surface area contributed by atoms with Crippen LogP contribution in [0, 0.1) is 0 Å². The molecule has 88 valence electrons. The topological polar surface area (TPSA) is 29.5 Å². The number of nitrogens with zero attached hydrogens (tertiary/aromatic N) is 1. The molecule has 0 aromatic heterocycles. The minimum absolute atomic E-state index is 0.130. The Morgan fingerprint density at radius 2 is 2.19 bits per heavy atom. The van der Waals surface area contributed by atoms with Gasteiger partial charge in [-0.2, -0.15) is 0 Å². The molecular formula is C11H13Cl2NO2. The highest BCUT2D eigenvalue weighted by atomic mass is 35.5. The summed E-state index contributed by atoms with van der Waals surface area (Å²) in [5.41, 5.74) is 0.486. The van der Waals surface area contributed by atoms with Crippen LogP contribution in [-0.4, -0.2) is 37.4 Å². The van der Waals surface area contributed by atoms with Crippen LogP contribution in [-0.2, 0) is 0 Å². The Morgan fingerprint density at radius 3 is 2.75 bits per heavy atom. The van der Waals surface area contributed by atoms with Gasteiger partial charge in [-0.3, -0.25) is 4.79 Å². The number of benzene rings is 1. The van der Waals surface area contributed by atoms with Gasteiger partial charge in [0.15, 0.2) is 0 Å². The first-order chi connectivity index (χ1) is 7.60. The monoisotopic (exact) mass is 261 g/mol. The van der Waals surface area contributed by atoms with E-state index in [2.05, 4.69) is 0 Å². The second-order valence-electron chi connectivity index (χ2n) is 3.26. The van der Waals surface area contributed by atoms with Gasteiger partial charge in [-0.25, -0.2) is 0 Å². The Morgan fingerprint density at radius 1 is 1.50 bits per heavy atom. The SMILES string of the molecule is COc1cc(Cl)ccc1C(=O)N(C)CCCl. The van der Waals surface area contributed by atoms with E-state index in [1.165, 1.54) is 7.11 Å². The summed E-state index contributed by atoms with van der Waals surface area (Å²) < 4.78 is 5.11. The highest BCUT2D eigenvalue weighted by Crippen LogP contribution is 2.24. The Balaban J connectivity index is 2.98. The lowest BCUT2D eigenvalue weighted by atomic mass is 10.2. The molecule has 0 saturated heterocycles. The highest BCUT2D eigenvalue weighted by Gasteiger charge is 2.16. The third kappa shape index (κ3) is 3.03. The lowest BCUT2D eigenvalue weighted by Crippen LogP contribution is -2.28. The molecular weight excluding hydrogens is 249 g/mol. The van der Waals surface area contributed by atoms with Crippen molar-refractivity contribution >= 4 is 29.1 Å². The average molecular weight is 262 g/mol. The average Bonchev–Trinajstić information content (AvgIpc) is 2.28. The Bertz CT molecular complexity index is 382. The number of carbonyl (C=O) groups excluding carboxylic acids is 1. The van der Waals surface area contributed by atoms with Crippen LogP contribution in [0.5, 0.6) is 5.75 Å². The van der Waals surface area contributed by atoms with Crippen molar-refractivity contribution in [2.75, 3.05) is 26.6 Å². The van der Waals surface area contributed by atoms with E-state index in [1.807, 2.05) is 0 Å². The van der Waals surface area contributed by atoms with Gasteiger partial charge < -0.3 is 9.64 Å². The number of hydrogen-bond donors (Lipinski definition) is 0. The van der Waals surface area contributed by atoms with Gasteiger partial charge in [-0.15, -0.1) is 11.6 Å². The number of hydrogen-bond acceptors (Lipinski definition) is 2. The molecule has 0 aliphatic rings. The van der Waals surface area contributed by atoms with E-state index >= 15 is 0 Å². The molecule has 0 saturated carbocycles. The second-order valence-corrected chi connectivity index (χ2v) is 4.07. The van der Waals surface area contributed by atoms with Gasteiger partial charge in [0, 0.05) is 24.5 Å². The number of halogens is 2. The van der Waals surface area contributed by atoms with Gasteiger partial charge in [-0.1, -0.05) is 11.6 Å². The third-order valence-corrected chi connectivity index (χ3v) is 2.56. The Kier molecular flexibility index (Phi) is 4.90. The summed E-state index contributed by atoms with van der Waals surface area (Å²) in [6.45, 7) is 0.492. The smallest absolute Gasteiger partial charge is 0.257 e. The maximum absolute atomic E-state index is 12.0. The van der Waals surface area contributed by atoms with Gasteiger partial charge in [0.25, 0.3) is 5.91 Å². The minimum Gasteiger partial charge on any atom is -0.496 e. The Hall–Kier alpha value is -0.930. The molecule has 1 aromatic rings. The first-order valence-corrected chi connectivity index (χ1v) is 5.66. The lowest BCUT2D eigenvalue weighted by Gasteiger charge is -2.17. The van der Waals surface area contributed by atoms with Gasteiger partial charge in [0.1, 0.15) is 5.75 Å². The van der Waals surface area contributed by atoms with Crippen LogP contribution >= 0.6 is 23.2 Å². The van der Waals surface area contributed by atoms with Crippen molar-refractivity contribution in [3.05, 3.63) is 28.8 Å². The van der Waals surface area contributed by atoms with Crippen molar-refractivity contribution in [3.63, 3.8) is 0 Å². The molecule has 0 atom stereocenters. The first-order valence-electron chi connectivity index (χ1n) is 4.75. The highest BCUT2D eigenvalue weighted by molar-refractivity contribution is 6.30. The lowest BCUT2D eigenvalue weighted by molar-refractivity contribution is 0.0800. The van der Waals surface area contributed by atoms with Gasteiger partial charge in [0.2, 0.25) is 0 Å². The number of carbonyl (C=O) groups is 1. The van der Waals surface area contributed by atoms with Gasteiger partial charge in [-0.05, 0) is 18.2 Å². The molecule has 5 heteroatoms. The standard InChI is InChI=1S/C11H13Cl2NO2/c1-14(6-5-12)11(15)9-4-3-8(13)7-10(9)16-2/h3-4,7H,5-6H2,1-2H3. The van der Waals surface area contributed by atoms with Crippen molar-refractivity contribution in [1.82, 2.24) is 4.90 Å². The summed E-state index contributed by atoms with van der Waals surface area (Å²) in [7, 11) is 3.20. The van der Waals surface area contributed by atoms with Crippen LogP contribution < -0.4 is 4.74 Å². The van der Waals surface area contributed by atoms with Crippen LogP contribution in [0.15, 0.2) is 18.2 Å². The molecule has 1 amide bonds. The van der Waals surface area contributed by atoms with Gasteiger partial charge >= 0.3 is 0 Å². The number of ether oxygens (including phenoxy) is 1. The predicted octanol–water partition coefficient (Wildman–Crippen LogP) is 2.66. The van der Waals surface area contributed by atoms with Crippen molar-refractivity contribution in [2.24, 2.45) is 0 Å². The summed E-state index contributed by atoms with van der Waals surface area (Å²) in [4.78, 5) is 13.5. The fourth-order valence-corrected chi connectivity index (χ4v) is 1.69. The molecule has 0 spiro atoms. The molecule has 0 radical (unpaired) electrons. The van der Waals surface area contributed by atoms with E-state index in [1.54, 1.807) is 30.1 Å². The molecule has 16 heavy (non-hydrogen) atoms. The van der Waals surface area contributed by atoms with Crippen LogP contribution in [0.3, 0.4) is 0 Å². The first kappa shape index (κ1) is 13.1. The van der Waals surface area contributed by atoms with E-state index in [4.69, 9.17) is 27.9 Å². The predicted molar refractivity (Wildman–Crippen MR) is 65.7 cm³/mol. The van der Waals surface area contributed by atoms with E-state index in [-0.39, 0.29) is 5.91 Å². The maximum atomic E-state index is 12.0. The number of rotatable bonds is 4. The zero-order valence-electron chi connectivity index (χ0n) is 9.17. The fourth-order valence-electron chi connectivity index (χ4n) is 1.28. The van der Waals surface area contributed by atoms with Crippen molar-refractivity contribution in [3.8, 4) is 5.75 Å². The zero-order chi connectivity index (χ0) is 12.1. The molecule has 0 aliphatic carbocycles. The van der Waals surface area contributed by atoms with Crippen LogP contribution in [0.25, 0.3) is 0 Å². The normalized spacial score (nSPS) is 10.0. The molecule has 0 bridgehead atoms. The second kappa shape index (κ2) is 5.97. The summed E-state index contributed by atoms with van der Waals surface area (Å²) in [5.74, 6) is 0.742. The third-order valence-electron chi connectivity index (χ3n) is 2.16. The molecule has 1 aromatic carbocycles. The number of amides is 1. The van der Waals surface area contributed by atoms with Crippen molar-refractivity contribution < 1.29 is 9.53 Å². The van der Waals surface area contributed by atoms with Crippen LogP contribution in [0.1, 0.15) is 10.4 Å². The number of methoxy groups -OCH3 is 1. The van der Waals surface area contributed by atoms with E-state index in [9.17, 15) is 4.79 Å². The molecule has 0 N–H and O–H groups in total. The fraction of sp³-hybridized carbons (Fsp3) is 0.364. The quantitative estimate of drug-likeness (QED) is 0.781. The largest absolute Gasteiger partial charge is 0.496 e. The molecule has 0 fully saturated rings. The summed E-state index contributed by atoms with van der Waals surface area (Å²) in [6, 6.07) is 4.92. The van der Waals surface area contributed by atoms with Crippen molar-refractivity contribution in [1.29, 1.82) is 0 Å². The number of alkyl halides is 1. The summed E-state index contributed by atoms with van der Waals surface area (Å²) >= 11 is 11.4. The van der Waals surface area contributed by atoms with Gasteiger partial charge in [0.05, 0.1) is 12.7 Å². The van der Waals surface area contributed by atoms with Crippen LogP contribution in [0.4, 0.5) is 0 Å². The summed E-state index contributed by atoms with van der Waals surface area (Å²) in [5, 5.41) is 0.536. The minimum atomic E-state index is -0.130. The molecule has 0 aliphatic heterocycles. The molecule has 0 heterocycles. The van der Waals surface area contributed by atoms with E-state index in [0.29, 0.717) is 28.8 Å². The van der Waals surface area contributed by atoms with Crippen molar-refractivity contribution in [2.45, 2.75) is 0 Å². The summed E-state index contributed by atoms with van der Waals surface area (Å²) in [6.07, 6.45) is 0. The zero-order valence-corrected chi connectivity index (χ0v) is 10.7. The maximum Gasteiger partial charge on any atom is 0.257 e. The van der Waals surface area contributed by atoms with Crippen LogP contribution in [0.2, 0.25) is 5.02 Å². The Labute approximate surface area is 105 Å². The van der Waals surface area contributed by atoms with E-state index in [0.717, 1.165) is 0 Å². The molecule has 0 unspecified atom stereocenters.